The molecule has 0 unspecified atom stereocenters. The van der Waals surface area contributed by atoms with E-state index in [0.717, 1.165) is 39.0 Å². The zero-order valence-electron chi connectivity index (χ0n) is 25.5. The van der Waals surface area contributed by atoms with Gasteiger partial charge in [-0.3, -0.25) is 0 Å². The van der Waals surface area contributed by atoms with Gasteiger partial charge in [0.25, 0.3) is 0 Å². The summed E-state index contributed by atoms with van der Waals surface area (Å²) in [6.45, 7) is 4.68. The van der Waals surface area contributed by atoms with Crippen LogP contribution < -0.4 is 4.90 Å². The average molecular weight is 608 g/mol. The van der Waals surface area contributed by atoms with Crippen molar-refractivity contribution in [3.63, 3.8) is 0 Å². The molecule has 2 nitrogen and oxygen atoms in total. The highest BCUT2D eigenvalue weighted by molar-refractivity contribution is 7.25. The van der Waals surface area contributed by atoms with Crippen molar-refractivity contribution in [2.45, 2.75) is 19.3 Å². The van der Waals surface area contributed by atoms with Gasteiger partial charge >= 0.3 is 0 Å². The number of benzene rings is 7. The van der Waals surface area contributed by atoms with Crippen LogP contribution in [0.1, 0.15) is 25.0 Å². The third kappa shape index (κ3) is 3.64. The molecule has 0 saturated heterocycles. The summed E-state index contributed by atoms with van der Waals surface area (Å²) in [4.78, 5) is 2.41. The third-order valence-corrected chi connectivity index (χ3v) is 11.2. The molecule has 0 spiro atoms. The first-order chi connectivity index (χ1) is 22.5. The normalized spacial score (nSPS) is 13.6. The van der Waals surface area contributed by atoms with Gasteiger partial charge in [0.2, 0.25) is 0 Å². The first-order valence-electron chi connectivity index (χ1n) is 15.8. The maximum atomic E-state index is 6.23. The minimum atomic E-state index is -0.0392. The van der Waals surface area contributed by atoms with E-state index in [0.29, 0.717) is 0 Å². The number of anilines is 3. The Bertz CT molecular complexity index is 2690. The molecular weight excluding hydrogens is 579 g/mol. The predicted octanol–water partition coefficient (Wildman–Crippen LogP) is 12.9. The van der Waals surface area contributed by atoms with E-state index >= 15 is 0 Å². The Balaban J connectivity index is 1.21. The highest BCUT2D eigenvalue weighted by Crippen LogP contribution is 2.51. The molecule has 0 atom stereocenters. The van der Waals surface area contributed by atoms with Gasteiger partial charge in [0.05, 0.1) is 0 Å². The van der Waals surface area contributed by atoms with Crippen molar-refractivity contribution >= 4 is 81.3 Å². The van der Waals surface area contributed by atoms with Crippen LogP contribution in [0.2, 0.25) is 0 Å². The first kappa shape index (κ1) is 25.9. The maximum Gasteiger partial charge on any atom is 0.135 e. The molecule has 3 heteroatoms. The van der Waals surface area contributed by atoms with Crippen LogP contribution in [0.4, 0.5) is 17.1 Å². The molecule has 0 radical (unpaired) electrons. The van der Waals surface area contributed by atoms with Gasteiger partial charge in [-0.2, -0.15) is 0 Å². The molecule has 0 saturated carbocycles. The van der Waals surface area contributed by atoms with Crippen LogP contribution in [0.3, 0.4) is 0 Å². The molecule has 1 aliphatic rings. The fraction of sp³-hybridized carbons (Fsp3) is 0.0698. The standard InChI is InChI=1S/C43H29NOS/c1-43(2)37-12-6-3-9-31(37)34-24-29(17-19-38(34)43)44(30-18-20-40-35(25-30)32-10-4-7-13-39(32)45-40)28-16-15-26-22-36-33-11-5-8-14-41(33)46-42(36)23-27(26)21-28/h3-25H,1-2H3. The average Bonchev–Trinajstić information content (AvgIpc) is 3.71. The quantitative estimate of drug-likeness (QED) is 0.199. The highest BCUT2D eigenvalue weighted by atomic mass is 32.1. The SMILES string of the molecule is CC1(C)c2ccccc2-c2cc(N(c3ccc4cc5c(cc4c3)sc3ccccc35)c3ccc4oc5ccccc5c4c3)ccc21. The van der Waals surface area contributed by atoms with Gasteiger partial charge in [0, 0.05) is 53.4 Å². The van der Waals surface area contributed by atoms with E-state index in [4.69, 9.17) is 4.42 Å². The van der Waals surface area contributed by atoms with E-state index in [1.807, 2.05) is 23.5 Å². The summed E-state index contributed by atoms with van der Waals surface area (Å²) in [6.07, 6.45) is 0. The number of furan rings is 1. The van der Waals surface area contributed by atoms with E-state index < -0.39 is 0 Å². The second kappa shape index (κ2) is 9.32. The molecule has 2 heterocycles. The number of thiophene rings is 1. The molecule has 9 aromatic rings. The lowest BCUT2D eigenvalue weighted by Crippen LogP contribution is -2.15. The van der Waals surface area contributed by atoms with E-state index in [-0.39, 0.29) is 5.41 Å². The third-order valence-electron chi connectivity index (χ3n) is 10.0. The number of rotatable bonds is 3. The van der Waals surface area contributed by atoms with Crippen LogP contribution in [0.25, 0.3) is 64.0 Å². The second-order valence-corrected chi connectivity index (χ2v) is 14.1. The zero-order valence-corrected chi connectivity index (χ0v) is 26.4. The van der Waals surface area contributed by atoms with Crippen molar-refractivity contribution in [3.8, 4) is 11.1 Å². The van der Waals surface area contributed by atoms with Gasteiger partial charge < -0.3 is 9.32 Å². The van der Waals surface area contributed by atoms with Crippen molar-refractivity contribution in [1.29, 1.82) is 0 Å². The lowest BCUT2D eigenvalue weighted by Gasteiger charge is -2.27. The minimum absolute atomic E-state index is 0.0392. The summed E-state index contributed by atoms with van der Waals surface area (Å²) in [7, 11) is 0. The monoisotopic (exact) mass is 607 g/mol. The Hall–Kier alpha value is -5.38. The Morgan fingerprint density at radius 3 is 2.11 bits per heavy atom. The molecule has 0 amide bonds. The summed E-state index contributed by atoms with van der Waals surface area (Å²) >= 11 is 1.87. The van der Waals surface area contributed by atoms with Crippen molar-refractivity contribution in [1.82, 2.24) is 0 Å². The van der Waals surface area contributed by atoms with Crippen LogP contribution in [-0.4, -0.2) is 0 Å². The molecule has 7 aromatic carbocycles. The lowest BCUT2D eigenvalue weighted by molar-refractivity contribution is 0.660. The second-order valence-electron chi connectivity index (χ2n) is 13.0. The van der Waals surface area contributed by atoms with Gasteiger partial charge in [-0.15, -0.1) is 11.3 Å². The Morgan fingerprint density at radius 2 is 1.17 bits per heavy atom. The van der Waals surface area contributed by atoms with Crippen molar-refractivity contribution in [3.05, 3.63) is 151 Å². The number of hydrogen-bond donors (Lipinski definition) is 0. The van der Waals surface area contributed by atoms with E-state index in [1.165, 1.54) is 53.2 Å². The summed E-state index contributed by atoms with van der Waals surface area (Å²) in [5.41, 5.74) is 10.5. The lowest BCUT2D eigenvalue weighted by atomic mass is 9.82. The maximum absolute atomic E-state index is 6.23. The van der Waals surface area contributed by atoms with Crippen LogP contribution >= 0.6 is 11.3 Å². The molecule has 218 valence electrons. The summed E-state index contributed by atoms with van der Waals surface area (Å²) in [6, 6.07) is 51.1. The highest BCUT2D eigenvalue weighted by Gasteiger charge is 2.35. The summed E-state index contributed by atoms with van der Waals surface area (Å²) in [5.74, 6) is 0. The van der Waals surface area contributed by atoms with Crippen molar-refractivity contribution in [2.24, 2.45) is 0 Å². The van der Waals surface area contributed by atoms with E-state index in [2.05, 4.69) is 146 Å². The van der Waals surface area contributed by atoms with Gasteiger partial charge in [-0.05, 0) is 99.8 Å². The van der Waals surface area contributed by atoms with Gasteiger partial charge in [0.15, 0.2) is 0 Å². The van der Waals surface area contributed by atoms with Gasteiger partial charge in [0.1, 0.15) is 11.2 Å². The summed E-state index contributed by atoms with van der Waals surface area (Å²) < 4.78 is 8.88. The van der Waals surface area contributed by atoms with E-state index in [1.54, 1.807) is 0 Å². The van der Waals surface area contributed by atoms with Crippen LogP contribution in [-0.2, 0) is 5.41 Å². The Labute approximate surface area is 270 Å². The fourth-order valence-electron chi connectivity index (χ4n) is 7.74. The Kier molecular flexibility index (Phi) is 5.25. The van der Waals surface area contributed by atoms with Crippen LogP contribution in [0, 0.1) is 0 Å². The number of fused-ring (bicyclic) bond motifs is 10. The topological polar surface area (TPSA) is 16.4 Å². The molecular formula is C43H29NOS. The van der Waals surface area contributed by atoms with Crippen molar-refractivity contribution < 1.29 is 4.42 Å². The van der Waals surface area contributed by atoms with Crippen molar-refractivity contribution in [2.75, 3.05) is 4.90 Å². The summed E-state index contributed by atoms with van der Waals surface area (Å²) in [5, 5.41) is 7.41. The van der Waals surface area contributed by atoms with Crippen LogP contribution in [0.15, 0.2) is 144 Å². The number of nitrogens with zero attached hydrogens (tertiary/aromatic N) is 1. The smallest absolute Gasteiger partial charge is 0.135 e. The number of hydrogen-bond acceptors (Lipinski definition) is 3. The largest absolute Gasteiger partial charge is 0.456 e. The molecule has 0 N–H and O–H groups in total. The molecule has 0 fully saturated rings. The van der Waals surface area contributed by atoms with E-state index in [9.17, 15) is 0 Å². The predicted molar refractivity (Wildman–Crippen MR) is 196 cm³/mol. The fourth-order valence-corrected chi connectivity index (χ4v) is 8.88. The van der Waals surface area contributed by atoms with Crippen LogP contribution in [0.5, 0.6) is 0 Å². The molecule has 0 bridgehead atoms. The molecule has 46 heavy (non-hydrogen) atoms. The first-order valence-corrected chi connectivity index (χ1v) is 16.7. The molecule has 2 aromatic heterocycles. The zero-order chi connectivity index (χ0) is 30.6. The molecule has 0 aliphatic heterocycles. The van der Waals surface area contributed by atoms with Gasteiger partial charge in [-0.1, -0.05) is 86.6 Å². The minimum Gasteiger partial charge on any atom is -0.456 e. The molecule has 1 aliphatic carbocycles. The Morgan fingerprint density at radius 1 is 0.478 bits per heavy atom. The van der Waals surface area contributed by atoms with Gasteiger partial charge in [-0.25, -0.2) is 0 Å². The number of para-hydroxylation sites is 1. The molecule has 10 rings (SSSR count).